The summed E-state index contributed by atoms with van der Waals surface area (Å²) in [5, 5.41) is 22.3. The van der Waals surface area contributed by atoms with Gasteiger partial charge in [-0.05, 0) is 75.9 Å². The lowest BCUT2D eigenvalue weighted by Crippen LogP contribution is -2.45. The van der Waals surface area contributed by atoms with Crippen molar-refractivity contribution in [1.29, 1.82) is 5.26 Å². The second-order valence-electron chi connectivity index (χ2n) is 10.8. The summed E-state index contributed by atoms with van der Waals surface area (Å²) >= 11 is 0. The number of nitriles is 1. The molecule has 0 bridgehead atoms. The number of nitrogens with one attached hydrogen (secondary N) is 1. The summed E-state index contributed by atoms with van der Waals surface area (Å²) in [4.78, 5) is 37.3. The molecule has 1 fully saturated rings. The number of piperidine rings is 1. The van der Waals surface area contributed by atoms with Crippen molar-refractivity contribution >= 4 is 11.8 Å². The highest BCUT2D eigenvalue weighted by molar-refractivity contribution is 5.94. The minimum absolute atomic E-state index is 0.0869. The SMILES string of the molecule is C[C@H](O)C(=O)N1CCC(Oc2ccc(-c3ccnc(Cc4ccc(C(=O)NCCCN(C)C)cc4)n3)cc2C#N)CC1. The van der Waals surface area contributed by atoms with Gasteiger partial charge in [0.2, 0.25) is 0 Å². The van der Waals surface area contributed by atoms with Gasteiger partial charge in [0.1, 0.15) is 29.9 Å². The number of rotatable bonds is 11. The van der Waals surface area contributed by atoms with Crippen LogP contribution in [0.25, 0.3) is 11.3 Å². The van der Waals surface area contributed by atoms with Gasteiger partial charge in [-0.2, -0.15) is 5.26 Å². The van der Waals surface area contributed by atoms with Crippen molar-refractivity contribution in [2.45, 2.75) is 44.8 Å². The first kappa shape index (κ1) is 30.6. The highest BCUT2D eigenvalue weighted by atomic mass is 16.5. The van der Waals surface area contributed by atoms with Gasteiger partial charge in [0, 0.05) is 56.2 Å². The van der Waals surface area contributed by atoms with E-state index in [2.05, 4.69) is 21.3 Å². The molecule has 2 N–H and O–H groups in total. The van der Waals surface area contributed by atoms with Crippen molar-refractivity contribution in [1.82, 2.24) is 25.1 Å². The molecule has 10 heteroatoms. The number of nitrogens with zero attached hydrogens (tertiary/aromatic N) is 5. The van der Waals surface area contributed by atoms with E-state index in [-0.39, 0.29) is 17.9 Å². The number of carbonyl (C=O) groups excluding carboxylic acids is 2. The summed E-state index contributed by atoms with van der Waals surface area (Å²) < 4.78 is 6.14. The van der Waals surface area contributed by atoms with E-state index >= 15 is 0 Å². The molecule has 1 aliphatic heterocycles. The van der Waals surface area contributed by atoms with E-state index in [1.165, 1.54) is 6.92 Å². The smallest absolute Gasteiger partial charge is 0.251 e. The van der Waals surface area contributed by atoms with Crippen LogP contribution in [0.4, 0.5) is 0 Å². The molecule has 2 amide bonds. The summed E-state index contributed by atoms with van der Waals surface area (Å²) in [7, 11) is 4.02. The Labute approximate surface area is 247 Å². The van der Waals surface area contributed by atoms with E-state index in [0.717, 1.165) is 24.1 Å². The van der Waals surface area contributed by atoms with Crippen LogP contribution in [-0.2, 0) is 11.2 Å². The third-order valence-electron chi connectivity index (χ3n) is 7.15. The predicted octanol–water partition coefficient (Wildman–Crippen LogP) is 3.04. The third-order valence-corrected chi connectivity index (χ3v) is 7.15. The quantitative estimate of drug-likeness (QED) is 0.336. The maximum absolute atomic E-state index is 12.4. The first-order chi connectivity index (χ1) is 20.2. The highest BCUT2D eigenvalue weighted by Crippen LogP contribution is 2.28. The second kappa shape index (κ2) is 14.5. The molecule has 0 unspecified atom stereocenters. The van der Waals surface area contributed by atoms with Crippen molar-refractivity contribution in [3.63, 3.8) is 0 Å². The van der Waals surface area contributed by atoms with Crippen molar-refractivity contribution in [3.8, 4) is 23.1 Å². The molecule has 1 saturated heterocycles. The maximum atomic E-state index is 12.4. The van der Waals surface area contributed by atoms with Gasteiger partial charge >= 0.3 is 0 Å². The van der Waals surface area contributed by atoms with Crippen molar-refractivity contribution in [3.05, 3.63) is 77.2 Å². The fraction of sp³-hybridized carbons (Fsp3) is 0.406. The van der Waals surface area contributed by atoms with Crippen molar-refractivity contribution in [2.75, 3.05) is 40.3 Å². The lowest BCUT2D eigenvalue weighted by molar-refractivity contribution is -0.141. The summed E-state index contributed by atoms with van der Waals surface area (Å²) in [6.45, 7) is 4.03. The first-order valence-electron chi connectivity index (χ1n) is 14.3. The lowest BCUT2D eigenvalue weighted by Gasteiger charge is -2.33. The lowest BCUT2D eigenvalue weighted by atomic mass is 10.0. The molecule has 3 aromatic rings. The zero-order chi connectivity index (χ0) is 30.1. The molecule has 220 valence electrons. The molecular formula is C32H38N6O4. The fourth-order valence-corrected chi connectivity index (χ4v) is 4.82. The molecule has 0 spiro atoms. The summed E-state index contributed by atoms with van der Waals surface area (Å²) in [6, 6.07) is 16.9. The monoisotopic (exact) mass is 570 g/mol. The Balaban J connectivity index is 1.36. The number of aromatic nitrogens is 2. The number of hydrogen-bond acceptors (Lipinski definition) is 8. The molecule has 10 nitrogen and oxygen atoms in total. The molecule has 2 aromatic carbocycles. The van der Waals surface area contributed by atoms with Crippen LogP contribution < -0.4 is 10.1 Å². The molecule has 1 aromatic heterocycles. The van der Waals surface area contributed by atoms with E-state index in [1.54, 1.807) is 29.3 Å². The fourth-order valence-electron chi connectivity index (χ4n) is 4.82. The van der Waals surface area contributed by atoms with Crippen LogP contribution in [0.3, 0.4) is 0 Å². The Morgan fingerprint density at radius 1 is 1.17 bits per heavy atom. The Morgan fingerprint density at radius 3 is 2.57 bits per heavy atom. The van der Waals surface area contributed by atoms with Gasteiger partial charge in [-0.25, -0.2) is 9.97 Å². The summed E-state index contributed by atoms with van der Waals surface area (Å²) in [5.41, 5.74) is 3.48. The first-order valence-corrected chi connectivity index (χ1v) is 14.3. The molecule has 0 radical (unpaired) electrons. The highest BCUT2D eigenvalue weighted by Gasteiger charge is 2.26. The van der Waals surface area contributed by atoms with Crippen LogP contribution in [0, 0.1) is 11.3 Å². The number of hydrogen-bond donors (Lipinski definition) is 2. The number of aliphatic hydroxyl groups excluding tert-OH is 1. The largest absolute Gasteiger partial charge is 0.489 e. The number of carbonyl (C=O) groups is 2. The van der Waals surface area contributed by atoms with E-state index in [9.17, 15) is 20.0 Å². The van der Waals surface area contributed by atoms with Gasteiger partial charge in [0.15, 0.2) is 0 Å². The Hall–Kier alpha value is -4.33. The molecule has 1 aliphatic rings. The van der Waals surface area contributed by atoms with Crippen LogP contribution in [0.5, 0.6) is 5.75 Å². The zero-order valence-electron chi connectivity index (χ0n) is 24.4. The molecule has 1 atom stereocenters. The number of likely N-dealkylation sites (tertiary alicyclic amines) is 1. The predicted molar refractivity (Wildman–Crippen MR) is 159 cm³/mol. The molecule has 2 heterocycles. The molecule has 4 rings (SSSR count). The van der Waals surface area contributed by atoms with Gasteiger partial charge in [0.05, 0.1) is 11.3 Å². The van der Waals surface area contributed by atoms with Crippen LogP contribution >= 0.6 is 0 Å². The third kappa shape index (κ3) is 8.35. The van der Waals surface area contributed by atoms with Crippen LogP contribution in [0.1, 0.15) is 53.5 Å². The van der Waals surface area contributed by atoms with Gasteiger partial charge in [-0.15, -0.1) is 0 Å². The van der Waals surface area contributed by atoms with Crippen LogP contribution in [-0.4, -0.2) is 89.2 Å². The summed E-state index contributed by atoms with van der Waals surface area (Å²) in [5.74, 6) is 0.769. The number of aliphatic hydroxyl groups is 1. The molecule has 42 heavy (non-hydrogen) atoms. The van der Waals surface area contributed by atoms with Crippen LogP contribution in [0.2, 0.25) is 0 Å². The van der Waals surface area contributed by atoms with Gasteiger partial charge in [-0.1, -0.05) is 12.1 Å². The Kier molecular flexibility index (Phi) is 10.6. The van der Waals surface area contributed by atoms with Crippen LogP contribution in [0.15, 0.2) is 54.7 Å². The van der Waals surface area contributed by atoms with Gasteiger partial charge < -0.3 is 25.0 Å². The average molecular weight is 571 g/mol. The number of ether oxygens (including phenoxy) is 1. The van der Waals surface area contributed by atoms with E-state index < -0.39 is 6.10 Å². The normalized spacial score (nSPS) is 14.3. The molecular weight excluding hydrogens is 532 g/mol. The van der Waals surface area contributed by atoms with Gasteiger partial charge in [-0.3, -0.25) is 9.59 Å². The van der Waals surface area contributed by atoms with Crippen molar-refractivity contribution in [2.24, 2.45) is 0 Å². The molecule has 0 aliphatic carbocycles. The maximum Gasteiger partial charge on any atom is 0.251 e. The Bertz CT molecular complexity index is 1410. The van der Waals surface area contributed by atoms with E-state index in [0.29, 0.717) is 67.3 Å². The summed E-state index contributed by atoms with van der Waals surface area (Å²) in [6.07, 6.45) is 3.22. The number of benzene rings is 2. The zero-order valence-corrected chi connectivity index (χ0v) is 24.4. The second-order valence-corrected chi connectivity index (χ2v) is 10.8. The van der Waals surface area contributed by atoms with Crippen molar-refractivity contribution < 1.29 is 19.4 Å². The standard InChI is InChI=1S/C32H38N6O4/c1-22(39)32(41)38-17-12-27(13-18-38)42-29-10-9-25(20-26(29)21-33)28-11-15-34-30(36-28)19-23-5-7-24(8-6-23)31(40)35-14-4-16-37(2)3/h5-11,15,20,22,27,39H,4,12-14,16-19H2,1-3H3,(H,35,40)/t22-/m0/s1. The Morgan fingerprint density at radius 2 is 1.90 bits per heavy atom. The minimum atomic E-state index is -1.01. The number of amides is 2. The van der Waals surface area contributed by atoms with E-state index in [1.807, 2.05) is 44.4 Å². The van der Waals surface area contributed by atoms with Gasteiger partial charge in [0.25, 0.3) is 11.8 Å². The van der Waals surface area contributed by atoms with E-state index in [4.69, 9.17) is 9.72 Å². The topological polar surface area (TPSA) is 132 Å². The molecule has 0 saturated carbocycles. The minimum Gasteiger partial charge on any atom is -0.489 e. The average Bonchev–Trinajstić information content (AvgIpc) is 2.99.